The van der Waals surface area contributed by atoms with Gasteiger partial charge in [0.25, 0.3) is 0 Å². The average Bonchev–Trinajstić information content (AvgIpc) is 2.52. The third kappa shape index (κ3) is 6.76. The molecule has 0 aromatic rings. The topological polar surface area (TPSA) is 72.8 Å². The van der Waals surface area contributed by atoms with Crippen molar-refractivity contribution in [3.8, 4) is 0 Å². The van der Waals surface area contributed by atoms with Crippen molar-refractivity contribution in [3.05, 3.63) is 0 Å². The number of carbonyl (C=O) groups excluding carboxylic acids is 2. The second-order valence-electron chi connectivity index (χ2n) is 8.39. The van der Waals surface area contributed by atoms with Crippen LogP contribution in [0.2, 0.25) is 0 Å². The van der Waals surface area contributed by atoms with Gasteiger partial charge in [0.2, 0.25) is 0 Å². The largest absolute Gasteiger partial charge is 0.456 e. The summed E-state index contributed by atoms with van der Waals surface area (Å²) in [4.78, 5) is 24.7. The van der Waals surface area contributed by atoms with Crippen LogP contribution in [0, 0.1) is 11.3 Å². The fourth-order valence-electron chi connectivity index (χ4n) is 3.08. The summed E-state index contributed by atoms with van der Waals surface area (Å²) in [5.41, 5.74) is -2.93. The average molecular weight is 391 g/mol. The first kappa shape index (κ1) is 25.2. The van der Waals surface area contributed by atoms with Crippen LogP contribution in [0.4, 0.5) is 4.79 Å². The number of esters is 1. The van der Waals surface area contributed by atoms with E-state index in [4.69, 9.17) is 9.47 Å². The molecule has 1 N–H and O–H groups in total. The van der Waals surface area contributed by atoms with Gasteiger partial charge in [0.05, 0.1) is 5.41 Å². The lowest BCUT2D eigenvalue weighted by atomic mass is 9.80. The smallest absolute Gasteiger partial charge is 0.367 e. The quantitative estimate of drug-likeness (QED) is 0.518. The van der Waals surface area contributed by atoms with E-state index in [0.717, 1.165) is 11.8 Å². The van der Waals surface area contributed by atoms with E-state index in [1.165, 1.54) is 0 Å². The van der Waals surface area contributed by atoms with Gasteiger partial charge in [-0.2, -0.15) is 0 Å². The highest BCUT2D eigenvalue weighted by atomic mass is 32.2. The lowest BCUT2D eigenvalue weighted by Gasteiger charge is -2.44. The summed E-state index contributed by atoms with van der Waals surface area (Å²) in [5.74, 6) is 0.601. The van der Waals surface area contributed by atoms with Gasteiger partial charge in [0.1, 0.15) is 17.3 Å². The number of rotatable bonds is 10. The number of hydrogen-bond acceptors (Lipinski definition) is 6. The molecule has 3 unspecified atom stereocenters. The Kier molecular flexibility index (Phi) is 9.69. The molecule has 5 nitrogen and oxygen atoms in total. The molecule has 0 amide bonds. The molecule has 6 heteroatoms. The Hall–Kier alpha value is -0.750. The number of carbonyl (C=O) groups is 2. The Labute approximate surface area is 163 Å². The highest BCUT2D eigenvalue weighted by Crippen LogP contribution is 2.36. The summed E-state index contributed by atoms with van der Waals surface area (Å²) < 4.78 is 11.4. The highest BCUT2D eigenvalue weighted by Gasteiger charge is 2.50. The highest BCUT2D eigenvalue weighted by molar-refractivity contribution is 8.13. The van der Waals surface area contributed by atoms with Crippen molar-refractivity contribution in [1.29, 1.82) is 0 Å². The van der Waals surface area contributed by atoms with Crippen molar-refractivity contribution < 1.29 is 24.2 Å². The minimum atomic E-state index is -1.15. The number of aliphatic hydroxyl groups is 1. The molecular weight excluding hydrogens is 352 g/mol. The van der Waals surface area contributed by atoms with E-state index in [9.17, 15) is 14.7 Å². The number of ether oxygens (including phenoxy) is 2. The molecule has 0 aliphatic heterocycles. The van der Waals surface area contributed by atoms with Gasteiger partial charge in [0, 0.05) is 5.75 Å². The van der Waals surface area contributed by atoms with Gasteiger partial charge in [-0.25, -0.2) is 4.79 Å². The molecule has 0 radical (unpaired) electrons. The van der Waals surface area contributed by atoms with E-state index in [1.54, 1.807) is 13.8 Å². The van der Waals surface area contributed by atoms with Crippen LogP contribution in [0.3, 0.4) is 0 Å². The van der Waals surface area contributed by atoms with Gasteiger partial charge in [-0.1, -0.05) is 34.6 Å². The van der Waals surface area contributed by atoms with Crippen LogP contribution in [0.1, 0.15) is 81.6 Å². The Bertz CT molecular complexity index is 477. The van der Waals surface area contributed by atoms with Crippen LogP contribution in [-0.2, 0) is 14.3 Å². The molecule has 0 aromatic carbocycles. The van der Waals surface area contributed by atoms with Crippen molar-refractivity contribution in [1.82, 2.24) is 0 Å². The SMILES string of the molecule is CCSC(=O)OC(C)(CC)C(O)C(C)(CC)OC(=O)C(C)(C)CC(C)C. The molecule has 0 saturated carbocycles. The molecular formula is C20H38O5S. The first-order chi connectivity index (χ1) is 11.8. The summed E-state index contributed by atoms with van der Waals surface area (Å²) in [6, 6.07) is 0. The second-order valence-corrected chi connectivity index (χ2v) is 9.59. The zero-order valence-corrected chi connectivity index (χ0v) is 18.8. The molecule has 3 atom stereocenters. The van der Waals surface area contributed by atoms with Gasteiger partial charge < -0.3 is 14.6 Å². The van der Waals surface area contributed by atoms with E-state index in [0.29, 0.717) is 30.9 Å². The number of aliphatic hydroxyl groups excluding tert-OH is 1. The van der Waals surface area contributed by atoms with E-state index >= 15 is 0 Å². The molecule has 0 saturated heterocycles. The monoisotopic (exact) mass is 390 g/mol. The number of thioether (sulfide) groups is 1. The summed E-state index contributed by atoms with van der Waals surface area (Å²) >= 11 is 1.05. The van der Waals surface area contributed by atoms with Crippen molar-refractivity contribution in [3.63, 3.8) is 0 Å². The van der Waals surface area contributed by atoms with Crippen molar-refractivity contribution in [2.24, 2.45) is 11.3 Å². The minimum absolute atomic E-state index is 0.345. The zero-order chi connectivity index (χ0) is 20.8. The van der Waals surface area contributed by atoms with Gasteiger partial charge in [-0.3, -0.25) is 4.79 Å². The predicted molar refractivity (Wildman–Crippen MR) is 107 cm³/mol. The first-order valence-electron chi connectivity index (χ1n) is 9.55. The molecule has 0 spiro atoms. The third-order valence-corrected chi connectivity index (χ3v) is 5.54. The van der Waals surface area contributed by atoms with Gasteiger partial charge in [-0.05, 0) is 64.6 Å². The Balaban J connectivity index is 5.47. The Morgan fingerprint density at radius 2 is 1.42 bits per heavy atom. The van der Waals surface area contributed by atoms with Crippen LogP contribution in [-0.4, -0.2) is 39.4 Å². The van der Waals surface area contributed by atoms with Crippen LogP contribution < -0.4 is 0 Å². The van der Waals surface area contributed by atoms with Crippen molar-refractivity contribution in [2.75, 3.05) is 5.75 Å². The van der Waals surface area contributed by atoms with Crippen LogP contribution in [0.25, 0.3) is 0 Å². The maximum absolute atomic E-state index is 12.8. The van der Waals surface area contributed by atoms with E-state index < -0.39 is 28.0 Å². The summed E-state index contributed by atoms with van der Waals surface area (Å²) in [6.45, 7) is 16.8. The molecule has 26 heavy (non-hydrogen) atoms. The molecule has 0 aliphatic rings. The zero-order valence-electron chi connectivity index (χ0n) is 18.0. The second kappa shape index (κ2) is 9.98. The van der Waals surface area contributed by atoms with Crippen LogP contribution in [0.5, 0.6) is 0 Å². The molecule has 0 aliphatic carbocycles. The third-order valence-electron chi connectivity index (χ3n) is 4.94. The fraction of sp³-hybridized carbons (Fsp3) is 0.900. The van der Waals surface area contributed by atoms with Gasteiger partial charge >= 0.3 is 11.3 Å². The molecule has 0 aromatic heterocycles. The minimum Gasteiger partial charge on any atom is -0.456 e. The molecule has 0 rings (SSSR count). The standard InChI is InChI=1S/C20H38O5S/c1-10-19(8,24-16(22)18(6,7)13-14(4)5)15(21)20(9,11-2)25-17(23)26-12-3/h14-15,21H,10-13H2,1-9H3. The Morgan fingerprint density at radius 3 is 1.81 bits per heavy atom. The van der Waals surface area contributed by atoms with E-state index in [1.807, 2.05) is 34.6 Å². The van der Waals surface area contributed by atoms with Crippen molar-refractivity contribution >= 4 is 23.0 Å². The fourth-order valence-corrected chi connectivity index (χ4v) is 3.57. The maximum Gasteiger partial charge on any atom is 0.367 e. The van der Waals surface area contributed by atoms with E-state index in [-0.39, 0.29) is 5.97 Å². The van der Waals surface area contributed by atoms with Crippen LogP contribution >= 0.6 is 11.8 Å². The predicted octanol–water partition coefficient (Wildman–Crippen LogP) is 5.19. The molecule has 0 heterocycles. The Morgan fingerprint density at radius 1 is 0.962 bits per heavy atom. The van der Waals surface area contributed by atoms with Crippen LogP contribution in [0.15, 0.2) is 0 Å². The summed E-state index contributed by atoms with van der Waals surface area (Å²) in [6.07, 6.45) is 0.373. The normalized spacial score (nSPS) is 18.0. The molecule has 154 valence electrons. The van der Waals surface area contributed by atoms with Gasteiger partial charge in [0.15, 0.2) is 0 Å². The lowest BCUT2D eigenvalue weighted by Crippen LogP contribution is -2.57. The summed E-state index contributed by atoms with van der Waals surface area (Å²) in [7, 11) is 0. The molecule has 0 bridgehead atoms. The summed E-state index contributed by atoms with van der Waals surface area (Å²) in [5, 5.41) is 10.6. The van der Waals surface area contributed by atoms with Crippen molar-refractivity contribution in [2.45, 2.75) is 98.9 Å². The van der Waals surface area contributed by atoms with Gasteiger partial charge in [-0.15, -0.1) is 0 Å². The number of hydrogen-bond donors (Lipinski definition) is 1. The lowest BCUT2D eigenvalue weighted by molar-refractivity contribution is -0.203. The van der Waals surface area contributed by atoms with E-state index in [2.05, 4.69) is 13.8 Å². The molecule has 0 fully saturated rings. The first-order valence-corrected chi connectivity index (χ1v) is 10.5. The maximum atomic E-state index is 12.8.